The summed E-state index contributed by atoms with van der Waals surface area (Å²) >= 11 is 0. The number of nitrogens with zero attached hydrogens (tertiary/aromatic N) is 6. The SMILES string of the molecule is N#CCCN(C1CCC1)S(=O)(=O)N1CCN(c2ncnc3[nH]ccc23)CC12CC2. The Balaban J connectivity index is 1.41. The molecule has 0 unspecified atom stereocenters. The summed E-state index contributed by atoms with van der Waals surface area (Å²) in [7, 11) is -3.59. The van der Waals surface area contributed by atoms with Gasteiger partial charge in [-0.05, 0) is 31.7 Å². The van der Waals surface area contributed by atoms with Gasteiger partial charge in [0.05, 0.1) is 17.0 Å². The number of aromatic amines is 1. The Labute approximate surface area is 170 Å². The van der Waals surface area contributed by atoms with Crippen LogP contribution in [0.3, 0.4) is 0 Å². The van der Waals surface area contributed by atoms with E-state index in [0.717, 1.165) is 49.0 Å². The minimum atomic E-state index is -3.59. The summed E-state index contributed by atoms with van der Waals surface area (Å²) in [6.45, 7) is 1.96. The second-order valence-electron chi connectivity index (χ2n) is 8.27. The molecule has 1 aliphatic heterocycles. The standard InChI is InChI=1S/C19H25N7O2S/c20-8-2-10-25(15-3-1-4-15)29(27,28)26-12-11-24(13-19(26)6-7-19)18-16-5-9-21-17(16)22-14-23-18/h5,9,14-15H,1-4,6-7,10-13H2,(H,21,22,23). The molecule has 9 nitrogen and oxygen atoms in total. The lowest BCUT2D eigenvalue weighted by Gasteiger charge is -2.46. The summed E-state index contributed by atoms with van der Waals surface area (Å²) in [5.41, 5.74) is 0.432. The van der Waals surface area contributed by atoms with Crippen molar-refractivity contribution in [3.8, 4) is 6.07 Å². The number of anilines is 1. The average molecular weight is 416 g/mol. The Hall–Kier alpha value is -2.22. The summed E-state index contributed by atoms with van der Waals surface area (Å²) in [6.07, 6.45) is 8.20. The maximum absolute atomic E-state index is 13.6. The number of piperazine rings is 1. The molecule has 0 atom stereocenters. The number of nitrogens with one attached hydrogen (secondary N) is 1. The van der Waals surface area contributed by atoms with Crippen molar-refractivity contribution in [3.63, 3.8) is 0 Å². The van der Waals surface area contributed by atoms with Crippen LogP contribution in [0.25, 0.3) is 11.0 Å². The molecule has 3 heterocycles. The second kappa shape index (κ2) is 6.93. The molecule has 2 aliphatic carbocycles. The lowest BCUT2D eigenvalue weighted by molar-refractivity contribution is 0.186. The van der Waals surface area contributed by atoms with Crippen LogP contribution in [-0.2, 0) is 10.2 Å². The highest BCUT2D eigenvalue weighted by molar-refractivity contribution is 7.86. The van der Waals surface area contributed by atoms with Crippen molar-refractivity contribution in [2.75, 3.05) is 31.1 Å². The third-order valence-corrected chi connectivity index (χ3v) is 8.75. The largest absolute Gasteiger partial charge is 0.353 e. The van der Waals surface area contributed by atoms with E-state index >= 15 is 0 Å². The molecular weight excluding hydrogens is 390 g/mol. The summed E-state index contributed by atoms with van der Waals surface area (Å²) in [4.78, 5) is 14.1. The topological polar surface area (TPSA) is 109 Å². The van der Waals surface area contributed by atoms with Crippen molar-refractivity contribution in [1.29, 1.82) is 5.26 Å². The van der Waals surface area contributed by atoms with Gasteiger partial charge >= 0.3 is 0 Å². The van der Waals surface area contributed by atoms with Gasteiger partial charge in [0.1, 0.15) is 17.8 Å². The van der Waals surface area contributed by atoms with Crippen molar-refractivity contribution in [1.82, 2.24) is 23.6 Å². The van der Waals surface area contributed by atoms with Crippen molar-refractivity contribution >= 4 is 27.1 Å². The molecule has 10 heteroatoms. The Morgan fingerprint density at radius 1 is 1.31 bits per heavy atom. The number of fused-ring (bicyclic) bond motifs is 1. The molecule has 1 N–H and O–H groups in total. The molecule has 3 aliphatic rings. The predicted molar refractivity (Wildman–Crippen MR) is 108 cm³/mol. The van der Waals surface area contributed by atoms with Crippen LogP contribution in [0.2, 0.25) is 0 Å². The number of hydrogen-bond acceptors (Lipinski definition) is 6. The fourth-order valence-electron chi connectivity index (χ4n) is 4.61. The summed E-state index contributed by atoms with van der Waals surface area (Å²) in [5, 5.41) is 9.96. The average Bonchev–Trinajstić information content (AvgIpc) is 3.25. The van der Waals surface area contributed by atoms with E-state index in [-0.39, 0.29) is 24.5 Å². The molecule has 1 saturated heterocycles. The highest BCUT2D eigenvalue weighted by Crippen LogP contribution is 2.48. The molecule has 5 rings (SSSR count). The monoisotopic (exact) mass is 415 g/mol. The van der Waals surface area contributed by atoms with E-state index < -0.39 is 10.2 Å². The second-order valence-corrected chi connectivity index (χ2v) is 10.1. The zero-order valence-corrected chi connectivity index (χ0v) is 17.1. The predicted octanol–water partition coefficient (Wildman–Crippen LogP) is 1.63. The van der Waals surface area contributed by atoms with Gasteiger partial charge in [-0.15, -0.1) is 0 Å². The first-order valence-electron chi connectivity index (χ1n) is 10.2. The Morgan fingerprint density at radius 2 is 2.14 bits per heavy atom. The van der Waals surface area contributed by atoms with Crippen LogP contribution >= 0.6 is 0 Å². The third-order valence-electron chi connectivity index (χ3n) is 6.55. The van der Waals surface area contributed by atoms with Crippen molar-refractivity contribution in [3.05, 3.63) is 18.6 Å². The van der Waals surface area contributed by atoms with E-state index in [0.29, 0.717) is 19.6 Å². The van der Waals surface area contributed by atoms with Crippen LogP contribution < -0.4 is 4.90 Å². The number of hydrogen-bond donors (Lipinski definition) is 1. The van der Waals surface area contributed by atoms with Gasteiger partial charge in [0.2, 0.25) is 0 Å². The molecule has 1 spiro atoms. The van der Waals surface area contributed by atoms with Gasteiger partial charge in [0.15, 0.2) is 0 Å². The van der Waals surface area contributed by atoms with E-state index in [2.05, 4.69) is 25.9 Å². The highest BCUT2D eigenvalue weighted by atomic mass is 32.2. The van der Waals surface area contributed by atoms with Gasteiger partial charge in [0, 0.05) is 44.8 Å². The Kier molecular flexibility index (Phi) is 4.49. The number of aromatic nitrogens is 3. The molecule has 0 radical (unpaired) electrons. The van der Waals surface area contributed by atoms with E-state index in [4.69, 9.17) is 5.26 Å². The number of nitriles is 1. The van der Waals surface area contributed by atoms with Gasteiger partial charge < -0.3 is 9.88 Å². The van der Waals surface area contributed by atoms with E-state index in [1.54, 1.807) is 14.9 Å². The fourth-order valence-corrected chi connectivity index (χ4v) is 6.82. The van der Waals surface area contributed by atoms with Crippen LogP contribution in [0.1, 0.15) is 38.5 Å². The van der Waals surface area contributed by atoms with Crippen LogP contribution in [0, 0.1) is 11.3 Å². The highest BCUT2D eigenvalue weighted by Gasteiger charge is 2.57. The number of H-pyrrole nitrogens is 1. The Bertz CT molecular complexity index is 1050. The molecule has 29 heavy (non-hydrogen) atoms. The molecule has 0 amide bonds. The van der Waals surface area contributed by atoms with Gasteiger partial charge in [-0.3, -0.25) is 0 Å². The molecule has 154 valence electrons. The summed E-state index contributed by atoms with van der Waals surface area (Å²) in [6, 6.07) is 4.12. The van der Waals surface area contributed by atoms with Gasteiger partial charge in [-0.2, -0.15) is 22.3 Å². The van der Waals surface area contributed by atoms with Crippen molar-refractivity contribution < 1.29 is 8.42 Å². The first-order valence-corrected chi connectivity index (χ1v) is 11.6. The van der Waals surface area contributed by atoms with Crippen LogP contribution in [0.4, 0.5) is 5.82 Å². The van der Waals surface area contributed by atoms with Crippen LogP contribution in [0.15, 0.2) is 18.6 Å². The fraction of sp³-hybridized carbons (Fsp3) is 0.632. The van der Waals surface area contributed by atoms with Crippen molar-refractivity contribution in [2.24, 2.45) is 0 Å². The van der Waals surface area contributed by atoms with Crippen LogP contribution in [0.5, 0.6) is 0 Å². The molecular formula is C19H25N7O2S. The maximum atomic E-state index is 13.6. The molecule has 2 aromatic heterocycles. The van der Waals surface area contributed by atoms with Gasteiger partial charge in [-0.25, -0.2) is 9.97 Å². The first kappa shape index (κ1) is 18.8. The molecule has 0 bridgehead atoms. The third kappa shape index (κ3) is 3.08. The molecule has 2 aromatic rings. The first-order chi connectivity index (χ1) is 14.0. The Morgan fingerprint density at radius 3 is 2.83 bits per heavy atom. The smallest absolute Gasteiger partial charge is 0.282 e. The zero-order valence-electron chi connectivity index (χ0n) is 16.3. The number of rotatable bonds is 6. The summed E-state index contributed by atoms with van der Waals surface area (Å²) < 4.78 is 30.5. The zero-order chi connectivity index (χ0) is 20.1. The summed E-state index contributed by atoms with van der Waals surface area (Å²) in [5.74, 6) is 0.861. The van der Waals surface area contributed by atoms with E-state index in [1.807, 2.05) is 12.3 Å². The minimum absolute atomic E-state index is 0.0449. The van der Waals surface area contributed by atoms with Crippen molar-refractivity contribution in [2.45, 2.75) is 50.1 Å². The maximum Gasteiger partial charge on any atom is 0.282 e. The van der Waals surface area contributed by atoms with Crippen LogP contribution in [-0.4, -0.2) is 69.7 Å². The molecule has 0 aromatic carbocycles. The molecule has 2 saturated carbocycles. The van der Waals surface area contributed by atoms with Gasteiger partial charge in [-0.1, -0.05) is 6.42 Å². The lowest BCUT2D eigenvalue weighted by atomic mass is 9.93. The minimum Gasteiger partial charge on any atom is -0.353 e. The van der Waals surface area contributed by atoms with E-state index in [9.17, 15) is 8.42 Å². The van der Waals surface area contributed by atoms with E-state index in [1.165, 1.54) is 0 Å². The lowest BCUT2D eigenvalue weighted by Crippen LogP contribution is -2.62. The quantitative estimate of drug-likeness (QED) is 0.768. The normalized spacial score (nSPS) is 22.1. The molecule has 3 fully saturated rings. The van der Waals surface area contributed by atoms with Gasteiger partial charge in [0.25, 0.3) is 10.2 Å².